The van der Waals surface area contributed by atoms with Crippen molar-refractivity contribution in [2.24, 2.45) is 0 Å². The van der Waals surface area contributed by atoms with Crippen LogP contribution in [0.5, 0.6) is 0 Å². The van der Waals surface area contributed by atoms with Crippen LogP contribution in [-0.4, -0.2) is 11.9 Å². The van der Waals surface area contributed by atoms with E-state index < -0.39 is 5.79 Å². The van der Waals surface area contributed by atoms with Gasteiger partial charge in [0.25, 0.3) is 0 Å². The molecule has 1 fully saturated rings. The molecular weight excluding hydrogens is 176 g/mol. The van der Waals surface area contributed by atoms with E-state index in [1.54, 1.807) is 0 Å². The zero-order valence-electron chi connectivity index (χ0n) is 8.49. The molecule has 2 atom stereocenters. The fraction of sp³-hybridized carbons (Fsp3) is 0.500. The van der Waals surface area contributed by atoms with Gasteiger partial charge < -0.3 is 9.47 Å². The summed E-state index contributed by atoms with van der Waals surface area (Å²) < 4.78 is 11.7. The molecule has 1 heterocycles. The maximum Gasteiger partial charge on any atom is 0.164 e. The lowest BCUT2D eigenvalue weighted by Crippen LogP contribution is -2.22. The third-order valence-electron chi connectivity index (χ3n) is 2.97. The van der Waals surface area contributed by atoms with Crippen LogP contribution in [0.4, 0.5) is 0 Å². The van der Waals surface area contributed by atoms with Crippen LogP contribution in [0.15, 0.2) is 24.3 Å². The second-order valence-electron chi connectivity index (χ2n) is 4.50. The Labute approximate surface area is 83.8 Å². The summed E-state index contributed by atoms with van der Waals surface area (Å²) in [5.41, 5.74) is 2.68. The predicted octanol–water partition coefficient (Wildman–Crippen LogP) is 2.44. The van der Waals surface area contributed by atoms with Crippen molar-refractivity contribution in [3.05, 3.63) is 35.4 Å². The van der Waals surface area contributed by atoms with Gasteiger partial charge >= 0.3 is 0 Å². The minimum atomic E-state index is -0.414. The molecule has 3 rings (SSSR count). The Morgan fingerprint density at radius 1 is 1.21 bits per heavy atom. The van der Waals surface area contributed by atoms with Crippen molar-refractivity contribution in [1.29, 1.82) is 0 Å². The molecule has 0 bridgehead atoms. The van der Waals surface area contributed by atoms with Crippen LogP contribution in [0.3, 0.4) is 0 Å². The lowest BCUT2D eigenvalue weighted by molar-refractivity contribution is -0.148. The molecule has 1 aliphatic carbocycles. The van der Waals surface area contributed by atoms with Gasteiger partial charge in [0.05, 0.1) is 6.10 Å². The highest BCUT2D eigenvalue weighted by Gasteiger charge is 2.46. The summed E-state index contributed by atoms with van der Waals surface area (Å²) in [4.78, 5) is 0. The number of rotatable bonds is 0. The molecule has 0 spiro atoms. The van der Waals surface area contributed by atoms with Gasteiger partial charge in [-0.05, 0) is 25.0 Å². The fourth-order valence-corrected chi connectivity index (χ4v) is 2.46. The highest BCUT2D eigenvalue weighted by atomic mass is 16.8. The Kier molecular flexibility index (Phi) is 1.56. The normalized spacial score (nSPS) is 32.7. The quantitative estimate of drug-likeness (QED) is 0.625. The summed E-state index contributed by atoms with van der Waals surface area (Å²) in [5, 5.41) is 0. The van der Waals surface area contributed by atoms with Crippen LogP contribution in [0, 0.1) is 0 Å². The van der Waals surface area contributed by atoms with Crippen molar-refractivity contribution in [3.63, 3.8) is 0 Å². The van der Waals surface area contributed by atoms with Gasteiger partial charge in [-0.25, -0.2) is 0 Å². The summed E-state index contributed by atoms with van der Waals surface area (Å²) in [5.74, 6) is -0.414. The van der Waals surface area contributed by atoms with Crippen molar-refractivity contribution in [1.82, 2.24) is 0 Å². The van der Waals surface area contributed by atoms with Crippen LogP contribution in [0.1, 0.15) is 31.1 Å². The predicted molar refractivity (Wildman–Crippen MR) is 52.9 cm³/mol. The Bertz CT molecular complexity index is 370. The lowest BCUT2D eigenvalue weighted by atomic mass is 10.1. The third kappa shape index (κ3) is 1.11. The monoisotopic (exact) mass is 190 g/mol. The maximum absolute atomic E-state index is 5.88. The van der Waals surface area contributed by atoms with Gasteiger partial charge in [0, 0.05) is 6.42 Å². The minimum Gasteiger partial charge on any atom is -0.344 e. The van der Waals surface area contributed by atoms with Crippen LogP contribution in [0.2, 0.25) is 0 Å². The van der Waals surface area contributed by atoms with Gasteiger partial charge in [-0.3, -0.25) is 0 Å². The topological polar surface area (TPSA) is 18.5 Å². The van der Waals surface area contributed by atoms with Crippen LogP contribution < -0.4 is 0 Å². The van der Waals surface area contributed by atoms with Crippen LogP contribution >= 0.6 is 0 Å². The van der Waals surface area contributed by atoms with E-state index in [9.17, 15) is 0 Å². The summed E-state index contributed by atoms with van der Waals surface area (Å²) in [7, 11) is 0. The number of hydrogen-bond donors (Lipinski definition) is 0. The third-order valence-corrected chi connectivity index (χ3v) is 2.97. The first-order valence-corrected chi connectivity index (χ1v) is 5.09. The highest BCUT2D eigenvalue weighted by Crippen LogP contribution is 2.45. The van der Waals surface area contributed by atoms with E-state index in [4.69, 9.17) is 9.47 Å². The van der Waals surface area contributed by atoms with Crippen LogP contribution in [-0.2, 0) is 15.9 Å². The minimum absolute atomic E-state index is 0.154. The smallest absolute Gasteiger partial charge is 0.164 e. The van der Waals surface area contributed by atoms with E-state index >= 15 is 0 Å². The molecule has 0 amide bonds. The number of ether oxygens (including phenoxy) is 2. The molecule has 74 valence electrons. The molecule has 14 heavy (non-hydrogen) atoms. The van der Waals surface area contributed by atoms with E-state index in [0.717, 1.165) is 6.42 Å². The first kappa shape index (κ1) is 8.45. The van der Waals surface area contributed by atoms with Gasteiger partial charge in [-0.2, -0.15) is 0 Å². The molecule has 1 saturated heterocycles. The van der Waals surface area contributed by atoms with Crippen molar-refractivity contribution in [2.75, 3.05) is 0 Å². The van der Waals surface area contributed by atoms with E-state index in [1.807, 2.05) is 13.8 Å². The van der Waals surface area contributed by atoms with Crippen molar-refractivity contribution >= 4 is 0 Å². The largest absolute Gasteiger partial charge is 0.344 e. The Balaban J connectivity index is 2.00. The summed E-state index contributed by atoms with van der Waals surface area (Å²) >= 11 is 0. The summed E-state index contributed by atoms with van der Waals surface area (Å²) in [6, 6.07) is 8.44. The first-order chi connectivity index (χ1) is 6.66. The van der Waals surface area contributed by atoms with Gasteiger partial charge in [0.2, 0.25) is 0 Å². The number of benzene rings is 1. The standard InChI is InChI=1S/C12H14O2/c1-12(2)13-10-7-8-5-3-4-6-9(8)11(10)14-12/h3-6,10-11H,7H2,1-2H3. The van der Waals surface area contributed by atoms with E-state index in [2.05, 4.69) is 24.3 Å². The molecule has 0 saturated carbocycles. The molecule has 1 aliphatic heterocycles. The van der Waals surface area contributed by atoms with Crippen molar-refractivity contribution < 1.29 is 9.47 Å². The molecule has 0 radical (unpaired) electrons. The fourth-order valence-electron chi connectivity index (χ4n) is 2.46. The van der Waals surface area contributed by atoms with E-state index in [1.165, 1.54) is 11.1 Å². The molecule has 2 nitrogen and oxygen atoms in total. The Morgan fingerprint density at radius 3 is 2.86 bits per heavy atom. The maximum atomic E-state index is 5.88. The Morgan fingerprint density at radius 2 is 2.00 bits per heavy atom. The second-order valence-corrected chi connectivity index (χ2v) is 4.50. The van der Waals surface area contributed by atoms with E-state index in [-0.39, 0.29) is 12.2 Å². The molecule has 1 aromatic rings. The first-order valence-electron chi connectivity index (χ1n) is 5.09. The molecular formula is C12H14O2. The van der Waals surface area contributed by atoms with Gasteiger partial charge in [-0.1, -0.05) is 24.3 Å². The lowest BCUT2D eigenvalue weighted by Gasteiger charge is -2.18. The Hall–Kier alpha value is -0.860. The second kappa shape index (κ2) is 2.59. The number of fused-ring (bicyclic) bond motifs is 3. The van der Waals surface area contributed by atoms with Crippen molar-refractivity contribution in [3.8, 4) is 0 Å². The van der Waals surface area contributed by atoms with Gasteiger partial charge in [0.15, 0.2) is 5.79 Å². The average Bonchev–Trinajstić information content (AvgIpc) is 2.56. The van der Waals surface area contributed by atoms with Gasteiger partial charge in [0.1, 0.15) is 6.10 Å². The van der Waals surface area contributed by atoms with Crippen molar-refractivity contribution in [2.45, 2.75) is 38.3 Å². The van der Waals surface area contributed by atoms with Gasteiger partial charge in [-0.15, -0.1) is 0 Å². The molecule has 0 aromatic heterocycles. The number of hydrogen-bond acceptors (Lipinski definition) is 2. The molecule has 1 aromatic carbocycles. The molecule has 0 N–H and O–H groups in total. The average molecular weight is 190 g/mol. The highest BCUT2D eigenvalue weighted by molar-refractivity contribution is 5.36. The zero-order valence-corrected chi connectivity index (χ0v) is 8.49. The SMILES string of the molecule is CC1(C)OC2Cc3ccccc3C2O1. The summed E-state index contributed by atoms with van der Waals surface area (Å²) in [6.07, 6.45) is 1.37. The van der Waals surface area contributed by atoms with E-state index in [0.29, 0.717) is 0 Å². The molecule has 2 heteroatoms. The molecule has 2 aliphatic rings. The zero-order chi connectivity index (χ0) is 9.76. The van der Waals surface area contributed by atoms with Crippen LogP contribution in [0.25, 0.3) is 0 Å². The summed E-state index contributed by atoms with van der Waals surface area (Å²) in [6.45, 7) is 3.96. The molecule has 2 unspecified atom stereocenters.